The molecule has 2 heteroatoms. The Balaban J connectivity index is 1.60. The van der Waals surface area contributed by atoms with E-state index in [9.17, 15) is 0 Å². The van der Waals surface area contributed by atoms with E-state index in [2.05, 4.69) is 124 Å². The first kappa shape index (κ1) is 17.9. The van der Waals surface area contributed by atoms with E-state index in [-0.39, 0.29) is 5.41 Å². The Labute approximate surface area is 199 Å². The molecule has 154 valence electrons. The zero-order valence-corrected chi connectivity index (χ0v) is 19.3. The van der Waals surface area contributed by atoms with Gasteiger partial charge < -0.3 is 4.98 Å². The zero-order chi connectivity index (χ0) is 21.7. The minimum Gasteiger partial charge on any atom is -0.354 e. The van der Waals surface area contributed by atoms with Crippen molar-refractivity contribution in [2.24, 2.45) is 0 Å². The van der Waals surface area contributed by atoms with Gasteiger partial charge in [0.1, 0.15) is 0 Å². The van der Waals surface area contributed by atoms with Crippen molar-refractivity contribution in [3.05, 3.63) is 130 Å². The first-order chi connectivity index (χ1) is 16.3. The van der Waals surface area contributed by atoms with Gasteiger partial charge in [-0.25, -0.2) is 0 Å². The molecule has 0 saturated heterocycles. The van der Waals surface area contributed by atoms with Crippen LogP contribution in [0.2, 0.25) is 0 Å². The van der Waals surface area contributed by atoms with Crippen LogP contribution in [0.4, 0.5) is 0 Å². The Hall–Kier alpha value is -3.62. The SMILES string of the molecule is Brc1ccc2c(c1)[nH]c1cc3c(cc12)C1(c2ccccc2-c2ccccc21)c1ccccc1-3. The number of H-pyrrole nitrogens is 1. The third-order valence-corrected chi connectivity index (χ3v) is 8.17. The molecule has 0 saturated carbocycles. The second-order valence-corrected chi connectivity index (χ2v) is 10.1. The van der Waals surface area contributed by atoms with E-state index in [1.165, 1.54) is 60.8 Å². The van der Waals surface area contributed by atoms with Crippen molar-refractivity contribution in [1.29, 1.82) is 0 Å². The highest BCUT2D eigenvalue weighted by Gasteiger charge is 2.51. The molecule has 1 aromatic heterocycles. The van der Waals surface area contributed by atoms with Crippen LogP contribution in [0.1, 0.15) is 22.3 Å². The van der Waals surface area contributed by atoms with Crippen molar-refractivity contribution in [2.75, 3.05) is 0 Å². The maximum absolute atomic E-state index is 3.67. The van der Waals surface area contributed by atoms with Crippen LogP contribution in [-0.4, -0.2) is 4.98 Å². The van der Waals surface area contributed by atoms with Gasteiger partial charge in [-0.15, -0.1) is 0 Å². The van der Waals surface area contributed by atoms with E-state index < -0.39 is 0 Å². The predicted octanol–water partition coefficient (Wildman–Crippen LogP) is 8.43. The lowest BCUT2D eigenvalue weighted by atomic mass is 9.70. The number of nitrogens with one attached hydrogen (secondary N) is 1. The Morgan fingerprint density at radius 1 is 0.485 bits per heavy atom. The van der Waals surface area contributed by atoms with Crippen molar-refractivity contribution in [3.63, 3.8) is 0 Å². The van der Waals surface area contributed by atoms with Gasteiger partial charge in [-0.3, -0.25) is 0 Å². The number of benzene rings is 5. The smallest absolute Gasteiger partial charge is 0.0725 e. The molecule has 1 spiro atoms. The van der Waals surface area contributed by atoms with Crippen LogP contribution in [0.3, 0.4) is 0 Å². The summed E-state index contributed by atoms with van der Waals surface area (Å²) < 4.78 is 1.09. The van der Waals surface area contributed by atoms with Gasteiger partial charge in [0.15, 0.2) is 0 Å². The number of aromatic amines is 1. The second kappa shape index (κ2) is 6.03. The first-order valence-corrected chi connectivity index (χ1v) is 12.1. The van der Waals surface area contributed by atoms with E-state index in [4.69, 9.17) is 0 Å². The molecule has 33 heavy (non-hydrogen) atoms. The van der Waals surface area contributed by atoms with Crippen molar-refractivity contribution in [1.82, 2.24) is 4.98 Å². The number of aromatic nitrogens is 1. The van der Waals surface area contributed by atoms with Gasteiger partial charge in [0.25, 0.3) is 0 Å². The summed E-state index contributed by atoms with van der Waals surface area (Å²) in [5.74, 6) is 0. The second-order valence-electron chi connectivity index (χ2n) is 9.15. The fraction of sp³-hybridized carbons (Fsp3) is 0.0323. The minimum atomic E-state index is -0.285. The largest absolute Gasteiger partial charge is 0.354 e. The molecule has 0 bridgehead atoms. The molecule has 2 aliphatic rings. The molecule has 0 unspecified atom stereocenters. The van der Waals surface area contributed by atoms with Gasteiger partial charge in [-0.05, 0) is 68.8 Å². The summed E-state index contributed by atoms with van der Waals surface area (Å²) >= 11 is 3.63. The van der Waals surface area contributed by atoms with E-state index in [0.717, 1.165) is 9.99 Å². The molecule has 0 aliphatic heterocycles. The summed E-state index contributed by atoms with van der Waals surface area (Å²) in [5.41, 5.74) is 13.0. The molecule has 0 atom stereocenters. The molecule has 2 aliphatic carbocycles. The Kier molecular flexibility index (Phi) is 3.27. The maximum atomic E-state index is 3.67. The molecule has 1 N–H and O–H groups in total. The molecular formula is C31H18BrN. The van der Waals surface area contributed by atoms with Gasteiger partial charge in [-0.1, -0.05) is 94.8 Å². The lowest BCUT2D eigenvalue weighted by molar-refractivity contribution is 0.795. The van der Waals surface area contributed by atoms with Crippen LogP contribution in [0.5, 0.6) is 0 Å². The van der Waals surface area contributed by atoms with Crippen molar-refractivity contribution < 1.29 is 0 Å². The highest BCUT2D eigenvalue weighted by molar-refractivity contribution is 9.10. The Bertz CT molecular complexity index is 1740. The standard InChI is InChI=1S/C31H18BrN/c32-18-13-14-22-24-16-28-23(17-30(24)33-29(22)15-18)21-9-3-6-12-27(21)31(28)25-10-4-1-7-19(25)20-8-2-5-11-26(20)31/h1-17,33H. The number of rotatable bonds is 0. The van der Waals surface area contributed by atoms with Gasteiger partial charge in [0.2, 0.25) is 0 Å². The third-order valence-electron chi connectivity index (χ3n) is 7.68. The average molecular weight is 484 g/mol. The van der Waals surface area contributed by atoms with Gasteiger partial charge in [0.05, 0.1) is 5.41 Å². The molecule has 5 aromatic carbocycles. The summed E-state index contributed by atoms with van der Waals surface area (Å²) in [7, 11) is 0. The molecule has 1 nitrogen and oxygen atoms in total. The number of fused-ring (bicyclic) bond motifs is 13. The highest BCUT2D eigenvalue weighted by atomic mass is 79.9. The highest BCUT2D eigenvalue weighted by Crippen LogP contribution is 2.63. The first-order valence-electron chi connectivity index (χ1n) is 11.3. The molecule has 6 aromatic rings. The van der Waals surface area contributed by atoms with Gasteiger partial charge >= 0.3 is 0 Å². The van der Waals surface area contributed by atoms with Gasteiger partial charge in [0, 0.05) is 26.3 Å². The summed E-state index contributed by atoms with van der Waals surface area (Å²) in [5, 5.41) is 2.55. The van der Waals surface area contributed by atoms with Crippen LogP contribution in [0, 0.1) is 0 Å². The zero-order valence-electron chi connectivity index (χ0n) is 17.7. The number of halogens is 1. The number of hydrogen-bond acceptors (Lipinski definition) is 0. The van der Waals surface area contributed by atoms with Gasteiger partial charge in [-0.2, -0.15) is 0 Å². The summed E-state index contributed by atoms with van der Waals surface area (Å²) in [4.78, 5) is 3.67. The Morgan fingerprint density at radius 2 is 1.03 bits per heavy atom. The molecule has 0 fully saturated rings. The average Bonchev–Trinajstić information content (AvgIpc) is 3.46. The molecule has 1 heterocycles. The third kappa shape index (κ3) is 2.04. The maximum Gasteiger partial charge on any atom is 0.0725 e. The molecular weight excluding hydrogens is 466 g/mol. The van der Waals surface area contributed by atoms with Crippen LogP contribution in [0.25, 0.3) is 44.1 Å². The lowest BCUT2D eigenvalue weighted by Crippen LogP contribution is -2.25. The van der Waals surface area contributed by atoms with E-state index in [1.807, 2.05) is 0 Å². The van der Waals surface area contributed by atoms with E-state index in [0.29, 0.717) is 0 Å². The van der Waals surface area contributed by atoms with Crippen LogP contribution in [0.15, 0.2) is 108 Å². The monoisotopic (exact) mass is 483 g/mol. The fourth-order valence-electron chi connectivity index (χ4n) is 6.46. The van der Waals surface area contributed by atoms with Crippen molar-refractivity contribution >= 4 is 37.7 Å². The quantitative estimate of drug-likeness (QED) is 0.222. The lowest BCUT2D eigenvalue weighted by Gasteiger charge is -2.30. The fourth-order valence-corrected chi connectivity index (χ4v) is 6.83. The van der Waals surface area contributed by atoms with Crippen LogP contribution >= 0.6 is 15.9 Å². The predicted molar refractivity (Wildman–Crippen MR) is 140 cm³/mol. The summed E-state index contributed by atoms with van der Waals surface area (Å²) in [6.45, 7) is 0. The normalized spacial score (nSPS) is 14.5. The summed E-state index contributed by atoms with van der Waals surface area (Å²) in [6.07, 6.45) is 0. The van der Waals surface area contributed by atoms with Crippen LogP contribution in [-0.2, 0) is 5.41 Å². The molecule has 0 radical (unpaired) electrons. The van der Waals surface area contributed by atoms with Crippen molar-refractivity contribution in [2.45, 2.75) is 5.41 Å². The molecule has 0 amide bonds. The van der Waals surface area contributed by atoms with Crippen LogP contribution < -0.4 is 0 Å². The number of hydrogen-bond donors (Lipinski definition) is 1. The van der Waals surface area contributed by atoms with E-state index >= 15 is 0 Å². The van der Waals surface area contributed by atoms with Crippen molar-refractivity contribution in [3.8, 4) is 22.3 Å². The summed E-state index contributed by atoms with van der Waals surface area (Å²) in [6, 6.07) is 38.3. The van der Waals surface area contributed by atoms with E-state index in [1.54, 1.807) is 0 Å². The minimum absolute atomic E-state index is 0.285. The Morgan fingerprint density at radius 3 is 1.67 bits per heavy atom. The topological polar surface area (TPSA) is 15.8 Å². The molecule has 8 rings (SSSR count).